The minimum absolute atomic E-state index is 0.290. The summed E-state index contributed by atoms with van der Waals surface area (Å²) in [7, 11) is 0. The molecule has 3 aromatic rings. The van der Waals surface area contributed by atoms with Crippen molar-refractivity contribution in [3.05, 3.63) is 51.1 Å². The molecule has 0 spiro atoms. The largest absolute Gasteiger partial charge is 0.451 e. The van der Waals surface area contributed by atoms with E-state index in [4.69, 9.17) is 4.42 Å². The zero-order chi connectivity index (χ0) is 17.6. The molecular weight excluding hydrogens is 332 g/mol. The van der Waals surface area contributed by atoms with E-state index in [2.05, 4.69) is 11.4 Å². The maximum absolute atomic E-state index is 12.8. The lowest BCUT2D eigenvalue weighted by Gasteiger charge is -2.09. The Kier molecular flexibility index (Phi) is 3.85. The molecule has 4 nitrogen and oxygen atoms in total. The van der Waals surface area contributed by atoms with Crippen molar-refractivity contribution in [3.8, 4) is 6.07 Å². The predicted octanol–water partition coefficient (Wildman–Crippen LogP) is 5.11. The molecule has 0 radical (unpaired) electrons. The van der Waals surface area contributed by atoms with E-state index >= 15 is 0 Å². The minimum atomic E-state index is -0.290. The molecule has 0 saturated heterocycles. The Morgan fingerprint density at radius 3 is 2.88 bits per heavy atom. The molecule has 1 amide bonds. The van der Waals surface area contributed by atoms with Gasteiger partial charge in [0.15, 0.2) is 5.76 Å². The lowest BCUT2D eigenvalue weighted by molar-refractivity contribution is 0.0998. The molecule has 0 atom stereocenters. The molecular formula is C20H18N2O2S. The molecule has 0 fully saturated rings. The Bertz CT molecular complexity index is 1040. The number of fused-ring (bicyclic) bond motifs is 2. The summed E-state index contributed by atoms with van der Waals surface area (Å²) in [5.74, 6) is 0.0253. The fourth-order valence-electron chi connectivity index (χ4n) is 3.48. The second kappa shape index (κ2) is 6.05. The fourth-order valence-corrected chi connectivity index (χ4v) is 4.72. The van der Waals surface area contributed by atoms with Crippen molar-refractivity contribution in [3.63, 3.8) is 0 Å². The number of hydrogen-bond acceptors (Lipinski definition) is 4. The number of carbonyl (C=O) groups excluding carboxylic acids is 1. The van der Waals surface area contributed by atoms with Gasteiger partial charge < -0.3 is 9.73 Å². The summed E-state index contributed by atoms with van der Waals surface area (Å²) in [4.78, 5) is 14.0. The van der Waals surface area contributed by atoms with Crippen LogP contribution in [0.3, 0.4) is 0 Å². The molecule has 0 bridgehead atoms. The van der Waals surface area contributed by atoms with Crippen molar-refractivity contribution in [1.82, 2.24) is 0 Å². The summed E-state index contributed by atoms with van der Waals surface area (Å²) in [6, 6.07) is 8.19. The summed E-state index contributed by atoms with van der Waals surface area (Å²) >= 11 is 1.53. The van der Waals surface area contributed by atoms with Gasteiger partial charge in [0.05, 0.1) is 5.56 Å². The Balaban J connectivity index is 1.70. The highest BCUT2D eigenvalue weighted by Crippen LogP contribution is 2.38. The van der Waals surface area contributed by atoms with Crippen LogP contribution >= 0.6 is 11.3 Å². The van der Waals surface area contributed by atoms with Crippen LogP contribution in [-0.4, -0.2) is 5.91 Å². The van der Waals surface area contributed by atoms with Gasteiger partial charge in [0.1, 0.15) is 16.7 Å². The Morgan fingerprint density at radius 1 is 1.28 bits per heavy atom. The summed E-state index contributed by atoms with van der Waals surface area (Å²) < 4.78 is 5.80. The SMILES string of the molecule is Cc1ccc2c(C)c(C(=O)Nc3sc4c(c3C#N)CCCC4)oc2c1. The van der Waals surface area contributed by atoms with Gasteiger partial charge in [-0.25, -0.2) is 0 Å². The van der Waals surface area contributed by atoms with Crippen molar-refractivity contribution in [2.24, 2.45) is 0 Å². The highest BCUT2D eigenvalue weighted by atomic mass is 32.1. The molecule has 0 aliphatic heterocycles. The quantitative estimate of drug-likeness (QED) is 0.698. The summed E-state index contributed by atoms with van der Waals surface area (Å²) in [5, 5.41) is 14.0. The molecule has 25 heavy (non-hydrogen) atoms. The van der Waals surface area contributed by atoms with Crippen molar-refractivity contribution < 1.29 is 9.21 Å². The molecule has 2 aromatic heterocycles. The van der Waals surface area contributed by atoms with Crippen LogP contribution < -0.4 is 5.32 Å². The smallest absolute Gasteiger partial charge is 0.292 e. The lowest BCUT2D eigenvalue weighted by atomic mass is 9.96. The number of anilines is 1. The Hall–Kier alpha value is -2.58. The van der Waals surface area contributed by atoms with Crippen LogP contribution in [0.25, 0.3) is 11.0 Å². The minimum Gasteiger partial charge on any atom is -0.451 e. The number of carbonyl (C=O) groups is 1. The van der Waals surface area contributed by atoms with Crippen LogP contribution in [0.1, 0.15) is 50.5 Å². The van der Waals surface area contributed by atoms with E-state index < -0.39 is 0 Å². The van der Waals surface area contributed by atoms with Crippen molar-refractivity contribution in [1.29, 1.82) is 5.26 Å². The van der Waals surface area contributed by atoms with Gasteiger partial charge in [-0.05, 0) is 56.7 Å². The highest BCUT2D eigenvalue weighted by molar-refractivity contribution is 7.16. The van der Waals surface area contributed by atoms with Crippen molar-refractivity contribution in [2.75, 3.05) is 5.32 Å². The second-order valence-corrected chi connectivity index (χ2v) is 7.64. The molecule has 0 saturated carbocycles. The van der Waals surface area contributed by atoms with Gasteiger partial charge in [-0.1, -0.05) is 12.1 Å². The van der Waals surface area contributed by atoms with E-state index in [9.17, 15) is 10.1 Å². The van der Waals surface area contributed by atoms with Gasteiger partial charge in [-0.15, -0.1) is 11.3 Å². The number of nitriles is 1. The number of thiophene rings is 1. The summed E-state index contributed by atoms with van der Waals surface area (Å²) in [6.45, 7) is 3.88. The van der Waals surface area contributed by atoms with E-state index in [0.29, 0.717) is 21.9 Å². The molecule has 1 aromatic carbocycles. The van der Waals surface area contributed by atoms with Gasteiger partial charge in [0.2, 0.25) is 0 Å². The van der Waals surface area contributed by atoms with Crippen molar-refractivity contribution in [2.45, 2.75) is 39.5 Å². The van der Waals surface area contributed by atoms with E-state index in [1.807, 2.05) is 32.0 Å². The topological polar surface area (TPSA) is 66.0 Å². The van der Waals surface area contributed by atoms with Gasteiger partial charge in [0, 0.05) is 15.8 Å². The monoisotopic (exact) mass is 350 g/mol. The van der Waals surface area contributed by atoms with E-state index in [-0.39, 0.29) is 5.91 Å². The molecule has 1 N–H and O–H groups in total. The zero-order valence-electron chi connectivity index (χ0n) is 14.2. The first-order chi connectivity index (χ1) is 12.1. The third kappa shape index (κ3) is 2.63. The van der Waals surface area contributed by atoms with Crippen molar-refractivity contribution >= 4 is 33.2 Å². The summed E-state index contributed by atoms with van der Waals surface area (Å²) in [5.41, 5.74) is 4.37. The third-order valence-electron chi connectivity index (χ3n) is 4.81. The third-order valence-corrected chi connectivity index (χ3v) is 6.02. The summed E-state index contributed by atoms with van der Waals surface area (Å²) in [6.07, 6.45) is 4.17. The number of rotatable bonds is 2. The molecule has 5 heteroatoms. The standard InChI is InChI=1S/C20H18N2O2S/c1-11-7-8-13-12(2)18(24-16(13)9-11)19(23)22-20-15(10-21)14-5-3-4-6-17(14)25-20/h7-9H,3-6H2,1-2H3,(H,22,23). The number of amides is 1. The average Bonchev–Trinajstić information content (AvgIpc) is 3.11. The van der Waals surface area contributed by atoms with Gasteiger partial charge >= 0.3 is 0 Å². The molecule has 1 aliphatic rings. The highest BCUT2D eigenvalue weighted by Gasteiger charge is 2.24. The first kappa shape index (κ1) is 15.9. The Labute approximate surface area is 150 Å². The van der Waals surface area contributed by atoms with Gasteiger partial charge in [-0.2, -0.15) is 5.26 Å². The first-order valence-electron chi connectivity index (χ1n) is 8.44. The van der Waals surface area contributed by atoms with Gasteiger partial charge in [-0.3, -0.25) is 4.79 Å². The van der Waals surface area contributed by atoms with Crippen LogP contribution in [0, 0.1) is 25.2 Å². The molecule has 2 heterocycles. The van der Waals surface area contributed by atoms with E-state index in [0.717, 1.165) is 47.8 Å². The zero-order valence-corrected chi connectivity index (χ0v) is 15.0. The van der Waals surface area contributed by atoms with E-state index in [1.54, 1.807) is 0 Å². The molecule has 126 valence electrons. The lowest BCUT2D eigenvalue weighted by Crippen LogP contribution is -2.12. The number of aryl methyl sites for hydroxylation is 3. The first-order valence-corrected chi connectivity index (χ1v) is 9.26. The van der Waals surface area contributed by atoms with Crippen LogP contribution in [0.2, 0.25) is 0 Å². The molecule has 1 aliphatic carbocycles. The van der Waals surface area contributed by atoms with E-state index in [1.165, 1.54) is 16.2 Å². The number of nitrogens with zero attached hydrogens (tertiary/aromatic N) is 1. The molecule has 0 unspecified atom stereocenters. The number of benzene rings is 1. The van der Waals surface area contributed by atoms with Crippen LogP contribution in [-0.2, 0) is 12.8 Å². The molecule has 4 rings (SSSR count). The average molecular weight is 350 g/mol. The number of nitrogens with one attached hydrogen (secondary N) is 1. The fraction of sp³-hybridized carbons (Fsp3) is 0.300. The Morgan fingerprint density at radius 2 is 2.08 bits per heavy atom. The predicted molar refractivity (Wildman–Crippen MR) is 99.3 cm³/mol. The number of hydrogen-bond donors (Lipinski definition) is 1. The van der Waals surface area contributed by atoms with Gasteiger partial charge in [0.25, 0.3) is 5.91 Å². The maximum atomic E-state index is 12.8. The normalized spacial score (nSPS) is 13.5. The van der Waals surface area contributed by atoms with Crippen LogP contribution in [0.5, 0.6) is 0 Å². The number of furan rings is 1. The second-order valence-electron chi connectivity index (χ2n) is 6.54. The van der Waals surface area contributed by atoms with Crippen LogP contribution in [0.4, 0.5) is 5.00 Å². The maximum Gasteiger partial charge on any atom is 0.292 e. The van der Waals surface area contributed by atoms with Crippen LogP contribution in [0.15, 0.2) is 22.6 Å².